The van der Waals surface area contributed by atoms with E-state index in [0.717, 1.165) is 28.7 Å². The van der Waals surface area contributed by atoms with Gasteiger partial charge in [0.25, 0.3) is 0 Å². The normalized spacial score (nSPS) is 15.2. The molecule has 0 amide bonds. The van der Waals surface area contributed by atoms with E-state index in [4.69, 9.17) is 19.2 Å². The minimum atomic E-state index is -0.413. The summed E-state index contributed by atoms with van der Waals surface area (Å²) in [4.78, 5) is 18.1. The van der Waals surface area contributed by atoms with E-state index in [1.165, 1.54) is 0 Å². The van der Waals surface area contributed by atoms with Gasteiger partial charge in [0, 0.05) is 5.70 Å². The number of para-hydroxylation sites is 2. The summed E-state index contributed by atoms with van der Waals surface area (Å²) in [5.74, 6) is 1.73. The van der Waals surface area contributed by atoms with Crippen LogP contribution in [0.25, 0.3) is 11.0 Å². The van der Waals surface area contributed by atoms with Gasteiger partial charge in [0.1, 0.15) is 0 Å². The third-order valence-electron chi connectivity index (χ3n) is 5.59. The number of esters is 1. The van der Waals surface area contributed by atoms with Crippen molar-refractivity contribution in [2.45, 2.75) is 46.6 Å². The number of fused-ring (bicyclic) bond motifs is 3. The molecule has 4 rings (SSSR count). The van der Waals surface area contributed by atoms with E-state index in [1.807, 2.05) is 63.2 Å². The van der Waals surface area contributed by atoms with Crippen molar-refractivity contribution in [3.8, 4) is 11.5 Å². The molecule has 0 spiro atoms. The fraction of sp³-hybridized carbons (Fsp3) is 0.385. The largest absolute Gasteiger partial charge is 0.490 e. The van der Waals surface area contributed by atoms with Crippen LogP contribution in [-0.2, 0) is 9.53 Å². The Bertz CT molecular complexity index is 1180. The van der Waals surface area contributed by atoms with Crippen LogP contribution in [0.4, 0.5) is 5.95 Å². The SMILES string of the molecule is CCCC1=C(C(=O)OCC)C(c2ccc(OCC)c(OCC)c2)n2c(nc3ccccc32)N1. The summed E-state index contributed by atoms with van der Waals surface area (Å²) in [6, 6.07) is 13.4. The molecule has 1 atom stereocenters. The van der Waals surface area contributed by atoms with Crippen LogP contribution in [0.3, 0.4) is 0 Å². The highest BCUT2D eigenvalue weighted by molar-refractivity contribution is 5.94. The average molecular weight is 450 g/mol. The van der Waals surface area contributed by atoms with E-state index >= 15 is 0 Å². The number of nitrogens with one attached hydrogen (secondary N) is 1. The van der Waals surface area contributed by atoms with Gasteiger partial charge in [0.15, 0.2) is 11.5 Å². The lowest BCUT2D eigenvalue weighted by atomic mass is 9.93. The molecule has 174 valence electrons. The number of carbonyl (C=O) groups is 1. The van der Waals surface area contributed by atoms with E-state index in [2.05, 4.69) is 16.8 Å². The Balaban J connectivity index is 1.97. The predicted octanol–water partition coefficient (Wildman–Crippen LogP) is 5.47. The smallest absolute Gasteiger partial charge is 0.338 e. The summed E-state index contributed by atoms with van der Waals surface area (Å²) in [6.07, 6.45) is 1.59. The Morgan fingerprint density at radius 3 is 2.48 bits per heavy atom. The second kappa shape index (κ2) is 9.98. The summed E-state index contributed by atoms with van der Waals surface area (Å²) in [7, 11) is 0. The zero-order valence-corrected chi connectivity index (χ0v) is 19.7. The molecule has 0 aliphatic carbocycles. The van der Waals surface area contributed by atoms with Gasteiger partial charge in [-0.2, -0.15) is 0 Å². The molecule has 1 aliphatic heterocycles. The van der Waals surface area contributed by atoms with Crippen LogP contribution in [-0.4, -0.2) is 35.3 Å². The number of aromatic nitrogens is 2. The second-order valence-electron chi connectivity index (χ2n) is 7.76. The molecule has 1 aromatic heterocycles. The summed E-state index contributed by atoms with van der Waals surface area (Å²) in [5, 5.41) is 3.42. The molecule has 33 heavy (non-hydrogen) atoms. The molecule has 1 N–H and O–H groups in total. The fourth-order valence-corrected chi connectivity index (χ4v) is 4.33. The molecule has 2 aromatic carbocycles. The minimum Gasteiger partial charge on any atom is -0.490 e. The van der Waals surface area contributed by atoms with Crippen LogP contribution >= 0.6 is 0 Å². The van der Waals surface area contributed by atoms with Crippen LogP contribution in [0.2, 0.25) is 0 Å². The Labute approximate surface area is 194 Å². The number of hydrogen-bond acceptors (Lipinski definition) is 6. The van der Waals surface area contributed by atoms with Crippen molar-refractivity contribution < 1.29 is 19.0 Å². The van der Waals surface area contributed by atoms with Crippen LogP contribution in [0, 0.1) is 0 Å². The summed E-state index contributed by atoms with van der Waals surface area (Å²) in [5.41, 5.74) is 4.15. The zero-order chi connectivity index (χ0) is 23.4. The maximum absolute atomic E-state index is 13.3. The van der Waals surface area contributed by atoms with Gasteiger partial charge in [0.2, 0.25) is 5.95 Å². The van der Waals surface area contributed by atoms with Crippen molar-refractivity contribution in [1.82, 2.24) is 9.55 Å². The lowest BCUT2D eigenvalue weighted by Crippen LogP contribution is -2.29. The number of rotatable bonds is 9. The highest BCUT2D eigenvalue weighted by Gasteiger charge is 2.36. The van der Waals surface area contributed by atoms with Crippen molar-refractivity contribution in [3.63, 3.8) is 0 Å². The summed E-state index contributed by atoms with van der Waals surface area (Å²) >= 11 is 0. The average Bonchev–Trinajstić information content (AvgIpc) is 3.18. The van der Waals surface area contributed by atoms with Gasteiger partial charge in [-0.3, -0.25) is 4.57 Å². The second-order valence-corrected chi connectivity index (χ2v) is 7.76. The molecule has 0 fully saturated rings. The highest BCUT2D eigenvalue weighted by atomic mass is 16.5. The van der Waals surface area contributed by atoms with Crippen LogP contribution in [0.15, 0.2) is 53.7 Å². The molecular weight excluding hydrogens is 418 g/mol. The van der Waals surface area contributed by atoms with E-state index in [9.17, 15) is 4.79 Å². The van der Waals surface area contributed by atoms with E-state index in [-0.39, 0.29) is 5.97 Å². The number of carbonyl (C=O) groups excluding carboxylic acids is 1. The molecule has 0 radical (unpaired) electrons. The van der Waals surface area contributed by atoms with E-state index in [0.29, 0.717) is 49.3 Å². The molecule has 1 unspecified atom stereocenters. The maximum atomic E-state index is 13.3. The first-order valence-electron chi connectivity index (χ1n) is 11.7. The zero-order valence-electron chi connectivity index (χ0n) is 19.7. The Morgan fingerprint density at radius 1 is 1.00 bits per heavy atom. The first-order chi connectivity index (χ1) is 16.1. The first-order valence-corrected chi connectivity index (χ1v) is 11.7. The van der Waals surface area contributed by atoms with E-state index in [1.54, 1.807) is 0 Å². The van der Waals surface area contributed by atoms with Crippen molar-refractivity contribution in [2.75, 3.05) is 25.1 Å². The molecule has 1 aliphatic rings. The standard InChI is InChI=1S/C26H31N3O4/c1-5-11-19-23(25(30)33-8-4)24(17-14-15-21(31-6-2)22(16-17)32-7-3)29-20-13-10-9-12-18(20)27-26(29)28-19/h9-10,12-16,24H,5-8,11H2,1-4H3,(H,27,28). The molecule has 3 aromatic rings. The maximum Gasteiger partial charge on any atom is 0.338 e. The molecule has 2 heterocycles. The van der Waals surface area contributed by atoms with Gasteiger partial charge in [-0.05, 0) is 57.0 Å². The molecule has 7 nitrogen and oxygen atoms in total. The number of imidazole rings is 1. The van der Waals surface area contributed by atoms with Crippen molar-refractivity contribution >= 4 is 23.0 Å². The Kier molecular flexibility index (Phi) is 6.87. The lowest BCUT2D eigenvalue weighted by Gasteiger charge is -2.31. The van der Waals surface area contributed by atoms with Gasteiger partial charge in [-0.1, -0.05) is 31.5 Å². The molecule has 0 saturated heterocycles. The predicted molar refractivity (Wildman–Crippen MR) is 129 cm³/mol. The summed E-state index contributed by atoms with van der Waals surface area (Å²) in [6.45, 7) is 9.16. The van der Waals surface area contributed by atoms with Gasteiger partial charge in [0.05, 0.1) is 42.5 Å². The van der Waals surface area contributed by atoms with Crippen LogP contribution in [0.1, 0.15) is 52.1 Å². The van der Waals surface area contributed by atoms with Gasteiger partial charge in [-0.15, -0.1) is 0 Å². The number of ether oxygens (including phenoxy) is 3. The molecule has 0 saturated carbocycles. The number of allylic oxidation sites excluding steroid dienone is 1. The lowest BCUT2D eigenvalue weighted by molar-refractivity contribution is -0.139. The van der Waals surface area contributed by atoms with Gasteiger partial charge >= 0.3 is 5.97 Å². The van der Waals surface area contributed by atoms with Crippen molar-refractivity contribution in [3.05, 3.63) is 59.3 Å². The Morgan fingerprint density at radius 2 is 1.76 bits per heavy atom. The topological polar surface area (TPSA) is 74.6 Å². The summed E-state index contributed by atoms with van der Waals surface area (Å²) < 4.78 is 19.3. The Hall–Kier alpha value is -3.48. The third-order valence-corrected chi connectivity index (χ3v) is 5.59. The van der Waals surface area contributed by atoms with Crippen molar-refractivity contribution in [1.29, 1.82) is 0 Å². The van der Waals surface area contributed by atoms with Crippen molar-refractivity contribution in [2.24, 2.45) is 0 Å². The number of anilines is 1. The van der Waals surface area contributed by atoms with E-state index < -0.39 is 6.04 Å². The van der Waals surface area contributed by atoms with Crippen LogP contribution < -0.4 is 14.8 Å². The number of hydrogen-bond donors (Lipinski definition) is 1. The third kappa shape index (κ3) is 4.27. The van der Waals surface area contributed by atoms with Gasteiger partial charge < -0.3 is 19.5 Å². The molecule has 7 heteroatoms. The molecule has 0 bridgehead atoms. The fourth-order valence-electron chi connectivity index (χ4n) is 4.33. The quantitative estimate of drug-likeness (QED) is 0.437. The molecular formula is C26H31N3O4. The monoisotopic (exact) mass is 449 g/mol. The first kappa shape index (κ1) is 22.7. The number of benzene rings is 2. The number of nitrogens with zero attached hydrogens (tertiary/aromatic N) is 2. The van der Waals surface area contributed by atoms with Crippen LogP contribution in [0.5, 0.6) is 11.5 Å². The highest BCUT2D eigenvalue weighted by Crippen LogP contribution is 2.42. The van der Waals surface area contributed by atoms with Gasteiger partial charge in [-0.25, -0.2) is 9.78 Å². The minimum absolute atomic E-state index is 0.305.